The smallest absolute Gasteiger partial charge is 0.326 e. The van der Waals surface area contributed by atoms with Crippen LogP contribution in [0.4, 0.5) is 0 Å². The van der Waals surface area contributed by atoms with E-state index in [2.05, 4.69) is 20.9 Å². The molecule has 38 heavy (non-hydrogen) atoms. The lowest BCUT2D eigenvalue weighted by Crippen LogP contribution is -2.58. The van der Waals surface area contributed by atoms with Crippen molar-refractivity contribution >= 4 is 34.6 Å². The van der Waals surface area contributed by atoms with Crippen molar-refractivity contribution in [2.24, 2.45) is 17.6 Å². The SMILES string of the molecule is CC(C)CC(NC(=O)C(Cc1c[nH]c2ccccc12)NC(=O)C(CC(C)C)NC(=O)C(N)C(C)O)C(=O)O. The van der Waals surface area contributed by atoms with Gasteiger partial charge in [0.2, 0.25) is 17.7 Å². The Morgan fingerprint density at radius 1 is 0.842 bits per heavy atom. The van der Waals surface area contributed by atoms with E-state index in [-0.39, 0.29) is 31.1 Å². The zero-order chi connectivity index (χ0) is 28.6. The highest BCUT2D eigenvalue weighted by Gasteiger charge is 2.32. The molecule has 5 atom stereocenters. The van der Waals surface area contributed by atoms with Gasteiger partial charge in [0, 0.05) is 23.5 Å². The van der Waals surface area contributed by atoms with Crippen LogP contribution in [0.15, 0.2) is 30.5 Å². The minimum Gasteiger partial charge on any atom is -0.480 e. The van der Waals surface area contributed by atoms with E-state index in [1.807, 2.05) is 52.0 Å². The van der Waals surface area contributed by atoms with Gasteiger partial charge in [0.1, 0.15) is 24.2 Å². The van der Waals surface area contributed by atoms with Crippen molar-refractivity contribution in [3.05, 3.63) is 36.0 Å². The Balaban J connectivity index is 2.34. The number of aliphatic hydroxyl groups excluding tert-OH is 1. The number of amides is 3. The van der Waals surface area contributed by atoms with E-state index >= 15 is 0 Å². The molecule has 0 bridgehead atoms. The Bertz CT molecular complexity index is 1110. The summed E-state index contributed by atoms with van der Waals surface area (Å²) in [6.45, 7) is 8.83. The topological polar surface area (TPSA) is 187 Å². The van der Waals surface area contributed by atoms with Crippen LogP contribution in [0.3, 0.4) is 0 Å². The minimum absolute atomic E-state index is 0.0113. The molecule has 1 aromatic carbocycles. The van der Waals surface area contributed by atoms with Crippen LogP contribution in [0.5, 0.6) is 0 Å². The lowest BCUT2D eigenvalue weighted by Gasteiger charge is -2.26. The number of carbonyl (C=O) groups excluding carboxylic acids is 3. The fraction of sp³-hybridized carbons (Fsp3) is 0.556. The summed E-state index contributed by atoms with van der Waals surface area (Å²) >= 11 is 0. The van der Waals surface area contributed by atoms with Crippen molar-refractivity contribution in [1.29, 1.82) is 0 Å². The second-order valence-corrected chi connectivity index (χ2v) is 10.6. The Hall–Kier alpha value is -3.44. The van der Waals surface area contributed by atoms with Crippen molar-refractivity contribution in [3.63, 3.8) is 0 Å². The molecule has 0 aliphatic carbocycles. The third kappa shape index (κ3) is 8.84. The number of aromatic amines is 1. The van der Waals surface area contributed by atoms with E-state index < -0.39 is 54.0 Å². The second kappa shape index (κ2) is 13.9. The second-order valence-electron chi connectivity index (χ2n) is 10.6. The molecule has 0 saturated carbocycles. The van der Waals surface area contributed by atoms with Crippen molar-refractivity contribution in [2.45, 2.75) is 84.2 Å². The van der Waals surface area contributed by atoms with E-state index in [0.29, 0.717) is 0 Å². The first-order chi connectivity index (χ1) is 17.8. The van der Waals surface area contributed by atoms with Gasteiger partial charge in [-0.2, -0.15) is 0 Å². The molecule has 1 aromatic heterocycles. The van der Waals surface area contributed by atoms with Crippen molar-refractivity contribution < 1.29 is 29.4 Å². The number of carbonyl (C=O) groups is 4. The number of nitrogens with two attached hydrogens (primary N) is 1. The average molecular weight is 532 g/mol. The number of hydrogen-bond acceptors (Lipinski definition) is 6. The predicted molar refractivity (Wildman–Crippen MR) is 144 cm³/mol. The van der Waals surface area contributed by atoms with Crippen LogP contribution in [0.2, 0.25) is 0 Å². The van der Waals surface area contributed by atoms with Crippen LogP contribution < -0.4 is 21.7 Å². The molecular formula is C27H41N5O6. The quantitative estimate of drug-likeness (QED) is 0.190. The molecule has 3 amide bonds. The normalized spacial score (nSPS) is 15.5. The number of carboxylic acid groups (broad SMARTS) is 1. The van der Waals surface area contributed by atoms with Crippen molar-refractivity contribution in [2.75, 3.05) is 0 Å². The molecule has 11 nitrogen and oxygen atoms in total. The van der Waals surface area contributed by atoms with Gasteiger partial charge in [-0.3, -0.25) is 14.4 Å². The van der Waals surface area contributed by atoms with Gasteiger partial charge in [-0.05, 0) is 43.2 Å². The van der Waals surface area contributed by atoms with Gasteiger partial charge < -0.3 is 36.9 Å². The molecule has 8 N–H and O–H groups in total. The summed E-state index contributed by atoms with van der Waals surface area (Å²) in [7, 11) is 0. The van der Waals surface area contributed by atoms with Crippen LogP contribution in [0.25, 0.3) is 10.9 Å². The summed E-state index contributed by atoms with van der Waals surface area (Å²) < 4.78 is 0. The molecule has 1 heterocycles. The first kappa shape index (κ1) is 30.8. The lowest BCUT2D eigenvalue weighted by atomic mass is 9.99. The maximum atomic E-state index is 13.4. The van der Waals surface area contributed by atoms with Crippen LogP contribution in [0, 0.1) is 11.8 Å². The van der Waals surface area contributed by atoms with Crippen LogP contribution >= 0.6 is 0 Å². The number of aliphatic hydroxyl groups is 1. The molecule has 2 rings (SSSR count). The highest BCUT2D eigenvalue weighted by Crippen LogP contribution is 2.20. The molecule has 5 unspecified atom stereocenters. The Kier molecular flexibility index (Phi) is 11.3. The average Bonchev–Trinajstić information content (AvgIpc) is 3.24. The van der Waals surface area contributed by atoms with Crippen molar-refractivity contribution in [3.8, 4) is 0 Å². The molecule has 0 fully saturated rings. The van der Waals surface area contributed by atoms with Crippen molar-refractivity contribution in [1.82, 2.24) is 20.9 Å². The summed E-state index contributed by atoms with van der Waals surface area (Å²) in [5, 5.41) is 28.0. The van der Waals surface area contributed by atoms with Gasteiger partial charge in [0.05, 0.1) is 6.10 Å². The number of aliphatic carboxylic acids is 1. The zero-order valence-corrected chi connectivity index (χ0v) is 22.7. The molecule has 0 aliphatic heterocycles. The number of H-pyrrole nitrogens is 1. The molecule has 2 aromatic rings. The first-order valence-corrected chi connectivity index (χ1v) is 12.9. The van der Waals surface area contributed by atoms with Crippen LogP contribution in [0.1, 0.15) is 53.0 Å². The maximum absolute atomic E-state index is 13.4. The summed E-state index contributed by atoms with van der Waals surface area (Å²) in [5.74, 6) is -3.09. The molecule has 0 saturated heterocycles. The zero-order valence-electron chi connectivity index (χ0n) is 22.7. The number of benzene rings is 1. The van der Waals surface area contributed by atoms with Gasteiger partial charge in [0.25, 0.3) is 0 Å². The predicted octanol–water partition coefficient (Wildman–Crippen LogP) is 1.05. The van der Waals surface area contributed by atoms with E-state index in [1.54, 1.807) is 6.20 Å². The van der Waals surface area contributed by atoms with E-state index in [0.717, 1.165) is 16.5 Å². The fourth-order valence-corrected chi connectivity index (χ4v) is 4.16. The fourth-order valence-electron chi connectivity index (χ4n) is 4.16. The number of carboxylic acids is 1. The van der Waals surface area contributed by atoms with E-state index in [9.17, 15) is 29.4 Å². The standard InChI is InChI=1S/C27H41N5O6/c1-14(2)10-20(31-26(36)23(28)16(5)33)24(34)30-21(25(35)32-22(27(37)38)11-15(3)4)12-17-13-29-19-9-7-6-8-18(17)19/h6-9,13-16,20-23,29,33H,10-12,28H2,1-5H3,(H,30,34)(H,31,36)(H,32,35)(H,37,38). The Morgan fingerprint density at radius 3 is 1.95 bits per heavy atom. The van der Waals surface area contributed by atoms with Crippen LogP contribution in [-0.2, 0) is 25.6 Å². The summed E-state index contributed by atoms with van der Waals surface area (Å²) in [4.78, 5) is 54.2. The molecule has 210 valence electrons. The maximum Gasteiger partial charge on any atom is 0.326 e. The third-order valence-corrected chi connectivity index (χ3v) is 6.22. The van der Waals surface area contributed by atoms with Gasteiger partial charge in [-0.1, -0.05) is 45.9 Å². The molecule has 0 radical (unpaired) electrons. The first-order valence-electron chi connectivity index (χ1n) is 12.9. The summed E-state index contributed by atoms with van der Waals surface area (Å²) in [6, 6.07) is 3.01. The number of para-hydroxylation sites is 1. The Morgan fingerprint density at radius 2 is 1.37 bits per heavy atom. The van der Waals surface area contributed by atoms with E-state index in [1.165, 1.54) is 6.92 Å². The largest absolute Gasteiger partial charge is 0.480 e. The summed E-state index contributed by atoms with van der Waals surface area (Å²) in [6.07, 6.45) is 1.20. The number of rotatable bonds is 14. The van der Waals surface area contributed by atoms with Crippen LogP contribution in [-0.4, -0.2) is 69.2 Å². The number of nitrogens with one attached hydrogen (secondary N) is 4. The molecular weight excluding hydrogens is 490 g/mol. The molecule has 11 heteroatoms. The van der Waals surface area contributed by atoms with Gasteiger partial charge in [-0.15, -0.1) is 0 Å². The minimum atomic E-state index is -1.23. The highest BCUT2D eigenvalue weighted by atomic mass is 16.4. The summed E-state index contributed by atoms with van der Waals surface area (Å²) in [5.41, 5.74) is 7.35. The highest BCUT2D eigenvalue weighted by molar-refractivity contribution is 5.95. The number of hydrogen-bond donors (Lipinski definition) is 7. The van der Waals surface area contributed by atoms with Gasteiger partial charge in [0.15, 0.2) is 0 Å². The van der Waals surface area contributed by atoms with Gasteiger partial charge >= 0.3 is 5.97 Å². The lowest BCUT2D eigenvalue weighted by molar-refractivity contribution is -0.142. The third-order valence-electron chi connectivity index (χ3n) is 6.22. The molecule has 0 aliphatic rings. The molecule has 0 spiro atoms. The van der Waals surface area contributed by atoms with Gasteiger partial charge in [-0.25, -0.2) is 4.79 Å². The number of fused-ring (bicyclic) bond motifs is 1. The Labute approximate surface area is 222 Å². The number of aromatic nitrogens is 1. The monoisotopic (exact) mass is 531 g/mol. The van der Waals surface area contributed by atoms with E-state index in [4.69, 9.17) is 5.73 Å².